The zero-order chi connectivity index (χ0) is 19.4. The minimum atomic E-state index is -0.158. The summed E-state index contributed by atoms with van der Waals surface area (Å²) in [6.45, 7) is 25.5. The van der Waals surface area contributed by atoms with E-state index in [1.54, 1.807) is 0 Å². The van der Waals surface area contributed by atoms with Crippen LogP contribution in [0.2, 0.25) is 0 Å². The Morgan fingerprint density at radius 1 is 0.667 bits per heavy atom. The van der Waals surface area contributed by atoms with Gasteiger partial charge in [-0.1, -0.05) is 34.6 Å². The number of nitrogens with two attached hydrogens (primary N) is 1. The second-order valence-corrected chi connectivity index (χ2v) is 11.5. The maximum Gasteiger partial charge on any atom is 0.0648 e. The van der Waals surface area contributed by atoms with Crippen molar-refractivity contribution < 1.29 is 9.47 Å². The van der Waals surface area contributed by atoms with Gasteiger partial charge in [-0.25, -0.2) is 0 Å². The molecule has 2 N–H and O–H groups in total. The van der Waals surface area contributed by atoms with Crippen molar-refractivity contribution in [3.05, 3.63) is 0 Å². The molecule has 3 nitrogen and oxygen atoms in total. The first-order chi connectivity index (χ1) is 10.3. The first-order valence-electron chi connectivity index (χ1n) is 9.40. The topological polar surface area (TPSA) is 44.5 Å². The third-order valence-corrected chi connectivity index (χ3v) is 3.93. The molecule has 0 aromatic heterocycles. The summed E-state index contributed by atoms with van der Waals surface area (Å²) in [7, 11) is 0. The Morgan fingerprint density at radius 2 is 1.17 bits per heavy atom. The van der Waals surface area contributed by atoms with Crippen molar-refractivity contribution in [1.29, 1.82) is 0 Å². The summed E-state index contributed by atoms with van der Waals surface area (Å²) in [6, 6.07) is 0. The maximum atomic E-state index is 6.23. The number of ether oxygens (including phenoxy) is 2. The van der Waals surface area contributed by atoms with Crippen LogP contribution in [0.3, 0.4) is 0 Å². The summed E-state index contributed by atoms with van der Waals surface area (Å²) in [6.07, 6.45) is 2.87. The molecule has 0 aromatic carbocycles. The average Bonchev–Trinajstić information content (AvgIpc) is 2.19. The van der Waals surface area contributed by atoms with Gasteiger partial charge in [-0.3, -0.25) is 0 Å². The normalized spacial score (nSPS) is 15.0. The van der Waals surface area contributed by atoms with Gasteiger partial charge in [-0.2, -0.15) is 0 Å². The van der Waals surface area contributed by atoms with Gasteiger partial charge in [0.1, 0.15) is 0 Å². The van der Waals surface area contributed by atoms with Crippen LogP contribution in [0.1, 0.15) is 95.4 Å². The SMILES string of the molecule is CC(C)(C)COC(C)(C)CCOC(C)(C)CC(C)(C)CC(C)(C)N. The van der Waals surface area contributed by atoms with Gasteiger partial charge in [0.2, 0.25) is 0 Å². The largest absolute Gasteiger partial charge is 0.375 e. The van der Waals surface area contributed by atoms with Crippen LogP contribution < -0.4 is 5.73 Å². The molecular formula is C21H45NO2. The Morgan fingerprint density at radius 3 is 1.58 bits per heavy atom. The van der Waals surface area contributed by atoms with Crippen LogP contribution in [-0.4, -0.2) is 30.0 Å². The van der Waals surface area contributed by atoms with Crippen LogP contribution in [-0.2, 0) is 9.47 Å². The van der Waals surface area contributed by atoms with E-state index in [4.69, 9.17) is 15.2 Å². The fourth-order valence-corrected chi connectivity index (χ4v) is 3.56. The lowest BCUT2D eigenvalue weighted by atomic mass is 9.74. The Hall–Kier alpha value is -0.120. The maximum absolute atomic E-state index is 6.23. The zero-order valence-corrected chi connectivity index (χ0v) is 18.4. The van der Waals surface area contributed by atoms with Crippen molar-refractivity contribution in [2.45, 2.75) is 112 Å². The molecule has 0 unspecified atom stereocenters. The van der Waals surface area contributed by atoms with Crippen molar-refractivity contribution in [1.82, 2.24) is 0 Å². The molecular weight excluding hydrogens is 298 g/mol. The molecule has 0 amide bonds. The molecule has 0 saturated carbocycles. The molecule has 0 aromatic rings. The molecule has 0 rings (SSSR count). The molecule has 0 aliphatic heterocycles. The average molecular weight is 344 g/mol. The van der Waals surface area contributed by atoms with Crippen molar-refractivity contribution >= 4 is 0 Å². The van der Waals surface area contributed by atoms with Gasteiger partial charge in [0, 0.05) is 5.54 Å². The van der Waals surface area contributed by atoms with Gasteiger partial charge in [0.15, 0.2) is 0 Å². The molecule has 3 heteroatoms. The Bertz CT molecular complexity index is 370. The molecule has 0 heterocycles. The molecule has 0 spiro atoms. The van der Waals surface area contributed by atoms with E-state index in [0.29, 0.717) is 6.61 Å². The summed E-state index contributed by atoms with van der Waals surface area (Å²) >= 11 is 0. The van der Waals surface area contributed by atoms with Gasteiger partial charge >= 0.3 is 0 Å². The first kappa shape index (κ1) is 23.9. The Labute approximate surface area is 152 Å². The van der Waals surface area contributed by atoms with Crippen molar-refractivity contribution in [3.63, 3.8) is 0 Å². The summed E-state index contributed by atoms with van der Waals surface area (Å²) in [5.74, 6) is 0. The fraction of sp³-hybridized carbons (Fsp3) is 1.00. The smallest absolute Gasteiger partial charge is 0.0648 e. The van der Waals surface area contributed by atoms with Gasteiger partial charge in [0.05, 0.1) is 24.4 Å². The van der Waals surface area contributed by atoms with E-state index in [1.807, 2.05) is 0 Å². The van der Waals surface area contributed by atoms with Crippen molar-refractivity contribution in [2.24, 2.45) is 16.6 Å². The van der Waals surface area contributed by atoms with E-state index in [1.165, 1.54) is 0 Å². The molecule has 0 radical (unpaired) electrons. The number of hydrogen-bond acceptors (Lipinski definition) is 3. The first-order valence-corrected chi connectivity index (χ1v) is 9.40. The number of rotatable bonds is 10. The quantitative estimate of drug-likeness (QED) is 0.565. The second kappa shape index (κ2) is 8.05. The van der Waals surface area contributed by atoms with E-state index in [9.17, 15) is 0 Å². The van der Waals surface area contributed by atoms with E-state index in [-0.39, 0.29) is 27.6 Å². The predicted molar refractivity (Wildman–Crippen MR) is 105 cm³/mol. The van der Waals surface area contributed by atoms with Gasteiger partial charge < -0.3 is 15.2 Å². The van der Waals surface area contributed by atoms with Crippen LogP contribution in [0.15, 0.2) is 0 Å². The summed E-state index contributed by atoms with van der Waals surface area (Å²) < 4.78 is 12.3. The van der Waals surface area contributed by atoms with Crippen molar-refractivity contribution in [3.8, 4) is 0 Å². The molecule has 146 valence electrons. The van der Waals surface area contributed by atoms with Gasteiger partial charge in [-0.05, 0) is 71.6 Å². The lowest BCUT2D eigenvalue weighted by molar-refractivity contribution is -0.0966. The number of hydrogen-bond donors (Lipinski definition) is 1. The van der Waals surface area contributed by atoms with E-state index < -0.39 is 0 Å². The highest BCUT2D eigenvalue weighted by molar-refractivity contribution is 4.87. The highest BCUT2D eigenvalue weighted by atomic mass is 16.5. The molecule has 24 heavy (non-hydrogen) atoms. The van der Waals surface area contributed by atoms with Crippen LogP contribution in [0, 0.1) is 10.8 Å². The molecule has 0 atom stereocenters. The molecule has 0 saturated heterocycles. The third-order valence-electron chi connectivity index (χ3n) is 3.93. The highest BCUT2D eigenvalue weighted by Crippen LogP contribution is 2.36. The Kier molecular flexibility index (Phi) is 8.01. The van der Waals surface area contributed by atoms with Crippen LogP contribution in [0.5, 0.6) is 0 Å². The standard InChI is InChI=1S/C21H45NO2/c1-17(2,3)16-24-20(8,9)12-13-23-21(10,11)15-18(4,5)14-19(6,7)22/h12-16,22H2,1-11H3. The highest BCUT2D eigenvalue weighted by Gasteiger charge is 2.33. The second-order valence-electron chi connectivity index (χ2n) is 11.5. The minimum absolute atomic E-state index is 0.150. The van der Waals surface area contributed by atoms with Crippen LogP contribution >= 0.6 is 0 Å². The van der Waals surface area contributed by atoms with E-state index >= 15 is 0 Å². The molecule has 0 aliphatic rings. The van der Waals surface area contributed by atoms with Gasteiger partial charge in [0.25, 0.3) is 0 Å². The monoisotopic (exact) mass is 343 g/mol. The Balaban J connectivity index is 4.42. The van der Waals surface area contributed by atoms with Crippen LogP contribution in [0.25, 0.3) is 0 Å². The van der Waals surface area contributed by atoms with Crippen molar-refractivity contribution in [2.75, 3.05) is 13.2 Å². The summed E-state index contributed by atoms with van der Waals surface area (Å²) in [5.41, 5.74) is 6.09. The zero-order valence-electron chi connectivity index (χ0n) is 18.4. The predicted octanol–water partition coefficient (Wildman–Crippen LogP) is 5.56. The lowest BCUT2D eigenvalue weighted by Crippen LogP contribution is -2.41. The molecule has 0 fully saturated rings. The molecule has 0 aliphatic carbocycles. The lowest BCUT2D eigenvalue weighted by Gasteiger charge is -2.39. The third kappa shape index (κ3) is 13.2. The van der Waals surface area contributed by atoms with Gasteiger partial charge in [-0.15, -0.1) is 0 Å². The van der Waals surface area contributed by atoms with E-state index in [2.05, 4.69) is 76.2 Å². The molecule has 0 bridgehead atoms. The fourth-order valence-electron chi connectivity index (χ4n) is 3.56. The summed E-state index contributed by atoms with van der Waals surface area (Å²) in [4.78, 5) is 0. The van der Waals surface area contributed by atoms with E-state index in [0.717, 1.165) is 25.9 Å². The summed E-state index contributed by atoms with van der Waals surface area (Å²) in [5, 5.41) is 0. The minimum Gasteiger partial charge on any atom is -0.375 e. The van der Waals surface area contributed by atoms with Crippen LogP contribution in [0.4, 0.5) is 0 Å².